The van der Waals surface area contributed by atoms with Crippen molar-refractivity contribution in [2.45, 2.75) is 59.3 Å². The first-order chi connectivity index (χ1) is 14.1. The number of rotatable bonds is 9. The predicted octanol–water partition coefficient (Wildman–Crippen LogP) is 5.28. The molecule has 1 aromatic carbocycles. The molecule has 0 atom stereocenters. The number of hydrogen-bond acceptors (Lipinski definition) is 5. The Bertz CT molecular complexity index is 795. The normalized spacial score (nSPS) is 14.0. The summed E-state index contributed by atoms with van der Waals surface area (Å²) in [4.78, 5) is 23.4. The van der Waals surface area contributed by atoms with Gasteiger partial charge in [-0.25, -0.2) is 9.97 Å². The van der Waals surface area contributed by atoms with Crippen LogP contribution in [0.4, 0.5) is 23.0 Å². The Balaban J connectivity index is 1.56. The molecule has 1 aliphatic carbocycles. The van der Waals surface area contributed by atoms with E-state index in [1.807, 2.05) is 37.3 Å². The van der Waals surface area contributed by atoms with Gasteiger partial charge in [-0.05, 0) is 57.4 Å². The molecular formula is C23H33N5O. The molecule has 29 heavy (non-hydrogen) atoms. The van der Waals surface area contributed by atoms with Crippen LogP contribution < -0.4 is 15.5 Å². The van der Waals surface area contributed by atoms with Gasteiger partial charge in [0.25, 0.3) is 0 Å². The first-order valence-corrected chi connectivity index (χ1v) is 10.8. The fourth-order valence-corrected chi connectivity index (χ4v) is 3.97. The van der Waals surface area contributed by atoms with Crippen molar-refractivity contribution in [3.8, 4) is 0 Å². The highest BCUT2D eigenvalue weighted by molar-refractivity contribution is 5.90. The van der Waals surface area contributed by atoms with Crippen molar-refractivity contribution in [2.75, 3.05) is 28.6 Å². The van der Waals surface area contributed by atoms with Crippen molar-refractivity contribution in [3.05, 3.63) is 36.2 Å². The molecule has 0 bridgehead atoms. The molecule has 0 unspecified atom stereocenters. The van der Waals surface area contributed by atoms with Gasteiger partial charge in [0.1, 0.15) is 17.5 Å². The van der Waals surface area contributed by atoms with Crippen LogP contribution in [0.15, 0.2) is 30.3 Å². The topological polar surface area (TPSA) is 70.2 Å². The molecule has 1 saturated carbocycles. The Labute approximate surface area is 174 Å². The lowest BCUT2D eigenvalue weighted by atomic mass is 10.0. The lowest BCUT2D eigenvalue weighted by molar-refractivity contribution is -0.116. The number of amides is 1. The molecule has 1 amide bonds. The van der Waals surface area contributed by atoms with Crippen molar-refractivity contribution in [1.82, 2.24) is 9.97 Å². The van der Waals surface area contributed by atoms with E-state index in [1.165, 1.54) is 25.7 Å². The average molecular weight is 396 g/mol. The lowest BCUT2D eigenvalue weighted by Gasteiger charge is -2.20. The number of nitrogens with one attached hydrogen (secondary N) is 2. The van der Waals surface area contributed by atoms with E-state index < -0.39 is 0 Å². The summed E-state index contributed by atoms with van der Waals surface area (Å²) in [6.07, 6.45) is 6.83. The van der Waals surface area contributed by atoms with Gasteiger partial charge >= 0.3 is 0 Å². The maximum Gasteiger partial charge on any atom is 0.224 e. The Morgan fingerprint density at radius 1 is 1.07 bits per heavy atom. The maximum atomic E-state index is 12.2. The second kappa shape index (κ2) is 10.2. The molecule has 1 aliphatic rings. The first-order valence-electron chi connectivity index (χ1n) is 10.8. The van der Waals surface area contributed by atoms with Crippen LogP contribution >= 0.6 is 0 Å². The van der Waals surface area contributed by atoms with E-state index in [-0.39, 0.29) is 5.91 Å². The van der Waals surface area contributed by atoms with E-state index in [1.54, 1.807) is 0 Å². The number of benzene rings is 1. The summed E-state index contributed by atoms with van der Waals surface area (Å²) in [5.74, 6) is 3.28. The van der Waals surface area contributed by atoms with Crippen LogP contribution in [0.25, 0.3) is 0 Å². The molecule has 0 spiro atoms. The van der Waals surface area contributed by atoms with Gasteiger partial charge in [0.2, 0.25) is 5.91 Å². The second-order valence-electron chi connectivity index (χ2n) is 7.77. The molecule has 0 aliphatic heterocycles. The summed E-state index contributed by atoms with van der Waals surface area (Å²) < 4.78 is 0. The van der Waals surface area contributed by atoms with Crippen molar-refractivity contribution >= 4 is 28.9 Å². The highest BCUT2D eigenvalue weighted by Crippen LogP contribution is 2.28. The summed E-state index contributed by atoms with van der Waals surface area (Å²) in [7, 11) is 0. The standard InChI is InChI=1S/C23H33N5O/c1-4-28(5-2)22-16-21(24-17(3)25-22)26-19-11-13-20(14-12-19)27-23(29)15-10-18-8-6-7-9-18/h11-14,16,18H,4-10,15H2,1-3H3,(H,27,29)(H,24,25,26). The summed E-state index contributed by atoms with van der Waals surface area (Å²) in [6.45, 7) is 7.95. The van der Waals surface area contributed by atoms with Crippen molar-refractivity contribution in [3.63, 3.8) is 0 Å². The number of anilines is 4. The minimum atomic E-state index is 0.105. The molecular weight excluding hydrogens is 362 g/mol. The Morgan fingerprint density at radius 3 is 2.38 bits per heavy atom. The smallest absolute Gasteiger partial charge is 0.224 e. The largest absolute Gasteiger partial charge is 0.357 e. The van der Waals surface area contributed by atoms with Gasteiger partial charge in [0.05, 0.1) is 0 Å². The maximum absolute atomic E-state index is 12.2. The van der Waals surface area contributed by atoms with Crippen LogP contribution in [0.1, 0.15) is 58.2 Å². The molecule has 0 saturated heterocycles. The van der Waals surface area contributed by atoms with Crippen LogP contribution in [0.3, 0.4) is 0 Å². The van der Waals surface area contributed by atoms with Gasteiger partial charge in [0, 0.05) is 37.0 Å². The quantitative estimate of drug-likeness (QED) is 0.604. The van der Waals surface area contributed by atoms with Crippen molar-refractivity contribution < 1.29 is 4.79 Å². The van der Waals surface area contributed by atoms with Crippen LogP contribution in [-0.4, -0.2) is 29.0 Å². The SMILES string of the molecule is CCN(CC)c1cc(Nc2ccc(NC(=O)CCC3CCCC3)cc2)nc(C)n1. The lowest BCUT2D eigenvalue weighted by Crippen LogP contribution is -2.23. The van der Waals surface area contributed by atoms with Gasteiger partial charge in [0.15, 0.2) is 0 Å². The zero-order chi connectivity index (χ0) is 20.6. The summed E-state index contributed by atoms with van der Waals surface area (Å²) in [5, 5.41) is 6.35. The minimum absolute atomic E-state index is 0.105. The molecule has 2 aromatic rings. The molecule has 1 fully saturated rings. The molecule has 6 heteroatoms. The number of aromatic nitrogens is 2. The highest BCUT2D eigenvalue weighted by Gasteiger charge is 2.16. The van der Waals surface area contributed by atoms with E-state index in [4.69, 9.17) is 0 Å². The number of hydrogen-bond donors (Lipinski definition) is 2. The summed E-state index contributed by atoms with van der Waals surface area (Å²) in [6, 6.07) is 9.74. The van der Waals surface area contributed by atoms with Crippen LogP contribution in [0, 0.1) is 12.8 Å². The van der Waals surface area contributed by atoms with Gasteiger partial charge < -0.3 is 15.5 Å². The zero-order valence-corrected chi connectivity index (χ0v) is 17.9. The molecule has 6 nitrogen and oxygen atoms in total. The van der Waals surface area contributed by atoms with E-state index >= 15 is 0 Å². The molecule has 3 rings (SSSR count). The van der Waals surface area contributed by atoms with Crippen molar-refractivity contribution in [1.29, 1.82) is 0 Å². The van der Waals surface area contributed by atoms with E-state index in [9.17, 15) is 4.79 Å². The molecule has 1 aromatic heterocycles. The molecule has 0 radical (unpaired) electrons. The van der Waals surface area contributed by atoms with Gasteiger partial charge in [-0.2, -0.15) is 0 Å². The van der Waals surface area contributed by atoms with E-state index in [0.717, 1.165) is 54.3 Å². The van der Waals surface area contributed by atoms with Gasteiger partial charge in [-0.1, -0.05) is 25.7 Å². The third-order valence-electron chi connectivity index (χ3n) is 5.61. The minimum Gasteiger partial charge on any atom is -0.357 e. The monoisotopic (exact) mass is 395 g/mol. The first kappa shape index (κ1) is 21.1. The fourth-order valence-electron chi connectivity index (χ4n) is 3.97. The summed E-state index contributed by atoms with van der Waals surface area (Å²) >= 11 is 0. The molecule has 1 heterocycles. The molecule has 156 valence electrons. The third-order valence-corrected chi connectivity index (χ3v) is 5.61. The van der Waals surface area contributed by atoms with Crippen LogP contribution in [0.2, 0.25) is 0 Å². The van der Waals surface area contributed by atoms with Gasteiger partial charge in [-0.15, -0.1) is 0 Å². The third kappa shape index (κ3) is 6.17. The Morgan fingerprint density at radius 2 is 1.72 bits per heavy atom. The Kier molecular flexibility index (Phi) is 7.44. The van der Waals surface area contributed by atoms with Crippen LogP contribution in [0.5, 0.6) is 0 Å². The zero-order valence-electron chi connectivity index (χ0n) is 17.9. The number of aryl methyl sites for hydroxylation is 1. The molecule has 2 N–H and O–H groups in total. The van der Waals surface area contributed by atoms with E-state index in [2.05, 4.69) is 39.3 Å². The van der Waals surface area contributed by atoms with Crippen molar-refractivity contribution in [2.24, 2.45) is 5.92 Å². The number of carbonyl (C=O) groups is 1. The fraction of sp³-hybridized carbons (Fsp3) is 0.522. The van der Waals surface area contributed by atoms with E-state index in [0.29, 0.717) is 6.42 Å². The van der Waals surface area contributed by atoms with Gasteiger partial charge in [-0.3, -0.25) is 4.79 Å². The second-order valence-corrected chi connectivity index (χ2v) is 7.77. The number of nitrogens with zero attached hydrogens (tertiary/aromatic N) is 3. The summed E-state index contributed by atoms with van der Waals surface area (Å²) in [5.41, 5.74) is 1.76. The van der Waals surface area contributed by atoms with Crippen LogP contribution in [-0.2, 0) is 4.79 Å². The Hall–Kier alpha value is -2.63. The predicted molar refractivity (Wildman–Crippen MR) is 120 cm³/mol. The number of carbonyl (C=O) groups excluding carboxylic acids is 1. The highest BCUT2D eigenvalue weighted by atomic mass is 16.1. The average Bonchev–Trinajstić information content (AvgIpc) is 3.22.